The van der Waals surface area contributed by atoms with Crippen molar-refractivity contribution in [3.63, 3.8) is 0 Å². The number of amides is 1. The second-order valence-corrected chi connectivity index (χ2v) is 7.56. The standard InChI is InChI=1S/C24H30N4O5/c1-4-10-27(11-5-2)22(30)16-28-20-14-18(32-3)7-8-19(20)23(26-28)24(31)17-6-9-21(25-15-17)33-13-12-29/h6-9,14-15,29H,4-5,10-13,16H2,1-3H3. The minimum atomic E-state index is -0.309. The Morgan fingerprint density at radius 1 is 1.12 bits per heavy atom. The number of ether oxygens (including phenoxy) is 2. The van der Waals surface area contributed by atoms with Crippen LogP contribution in [0.4, 0.5) is 0 Å². The van der Waals surface area contributed by atoms with Gasteiger partial charge >= 0.3 is 0 Å². The average Bonchev–Trinajstić information content (AvgIpc) is 3.19. The number of pyridine rings is 1. The summed E-state index contributed by atoms with van der Waals surface area (Å²) in [4.78, 5) is 32.2. The minimum absolute atomic E-state index is 0.0309. The summed E-state index contributed by atoms with van der Waals surface area (Å²) in [7, 11) is 1.56. The van der Waals surface area contributed by atoms with Gasteiger partial charge in [0.05, 0.1) is 19.2 Å². The Balaban J connectivity index is 1.95. The molecule has 0 spiro atoms. The number of carbonyl (C=O) groups is 2. The fourth-order valence-corrected chi connectivity index (χ4v) is 3.59. The van der Waals surface area contributed by atoms with Gasteiger partial charge in [0, 0.05) is 42.4 Å². The van der Waals surface area contributed by atoms with Crippen LogP contribution in [0.3, 0.4) is 0 Å². The third kappa shape index (κ3) is 5.67. The fourth-order valence-electron chi connectivity index (χ4n) is 3.59. The van der Waals surface area contributed by atoms with Crippen LogP contribution in [0, 0.1) is 0 Å². The van der Waals surface area contributed by atoms with Crippen LogP contribution < -0.4 is 9.47 Å². The maximum atomic E-state index is 13.3. The molecule has 0 unspecified atom stereocenters. The zero-order valence-corrected chi connectivity index (χ0v) is 19.3. The Labute approximate surface area is 192 Å². The van der Waals surface area contributed by atoms with Gasteiger partial charge in [-0.05, 0) is 31.0 Å². The molecule has 9 nitrogen and oxygen atoms in total. The molecule has 0 aliphatic carbocycles. The van der Waals surface area contributed by atoms with Gasteiger partial charge < -0.3 is 19.5 Å². The molecule has 0 saturated heterocycles. The molecule has 0 saturated carbocycles. The van der Waals surface area contributed by atoms with E-state index in [1.165, 1.54) is 6.20 Å². The number of hydrogen-bond acceptors (Lipinski definition) is 7. The highest BCUT2D eigenvalue weighted by molar-refractivity contribution is 6.15. The third-order valence-electron chi connectivity index (χ3n) is 5.14. The first kappa shape index (κ1) is 24.2. The number of nitrogens with zero attached hydrogens (tertiary/aromatic N) is 4. The molecule has 1 aromatic carbocycles. The zero-order valence-electron chi connectivity index (χ0n) is 19.3. The summed E-state index contributed by atoms with van der Waals surface area (Å²) < 4.78 is 12.2. The van der Waals surface area contributed by atoms with Gasteiger partial charge in [-0.15, -0.1) is 0 Å². The van der Waals surface area contributed by atoms with Crippen LogP contribution in [-0.2, 0) is 11.3 Å². The van der Waals surface area contributed by atoms with Gasteiger partial charge in [-0.25, -0.2) is 4.98 Å². The van der Waals surface area contributed by atoms with Gasteiger partial charge in [0.2, 0.25) is 17.6 Å². The molecular formula is C24H30N4O5. The predicted molar refractivity (Wildman–Crippen MR) is 124 cm³/mol. The van der Waals surface area contributed by atoms with E-state index in [0.717, 1.165) is 12.8 Å². The van der Waals surface area contributed by atoms with Gasteiger partial charge in [-0.2, -0.15) is 5.10 Å². The first-order chi connectivity index (χ1) is 16.0. The highest BCUT2D eigenvalue weighted by Crippen LogP contribution is 2.26. The number of carbonyl (C=O) groups excluding carboxylic acids is 2. The molecule has 3 aromatic rings. The molecule has 2 aromatic heterocycles. The molecule has 0 bridgehead atoms. The van der Waals surface area contributed by atoms with Crippen LogP contribution >= 0.6 is 0 Å². The molecule has 0 atom stereocenters. The summed E-state index contributed by atoms with van der Waals surface area (Å²) in [6.07, 6.45) is 3.15. The predicted octanol–water partition coefficient (Wildman–Crippen LogP) is 2.69. The monoisotopic (exact) mass is 454 g/mol. The van der Waals surface area contributed by atoms with E-state index in [1.54, 1.807) is 42.1 Å². The summed E-state index contributed by atoms with van der Waals surface area (Å²) in [6, 6.07) is 8.49. The van der Waals surface area contributed by atoms with Gasteiger partial charge in [-0.3, -0.25) is 14.3 Å². The van der Waals surface area contributed by atoms with Crippen molar-refractivity contribution < 1.29 is 24.2 Å². The Morgan fingerprint density at radius 3 is 2.48 bits per heavy atom. The first-order valence-corrected chi connectivity index (χ1v) is 11.1. The van der Waals surface area contributed by atoms with Crippen LogP contribution in [0.1, 0.15) is 42.7 Å². The van der Waals surface area contributed by atoms with Crippen molar-refractivity contribution in [2.45, 2.75) is 33.2 Å². The van der Waals surface area contributed by atoms with E-state index in [-0.39, 0.29) is 37.1 Å². The SMILES string of the molecule is CCCN(CCC)C(=O)Cn1nc(C(=O)c2ccc(OCCO)nc2)c2ccc(OC)cc21. The van der Waals surface area contributed by atoms with E-state index >= 15 is 0 Å². The average molecular weight is 455 g/mol. The third-order valence-corrected chi connectivity index (χ3v) is 5.14. The van der Waals surface area contributed by atoms with Gasteiger partial charge in [0.25, 0.3) is 0 Å². The molecule has 1 N–H and O–H groups in total. The van der Waals surface area contributed by atoms with E-state index in [0.29, 0.717) is 41.2 Å². The number of aliphatic hydroxyl groups is 1. The van der Waals surface area contributed by atoms with Crippen molar-refractivity contribution in [1.82, 2.24) is 19.7 Å². The molecule has 3 rings (SSSR count). The van der Waals surface area contributed by atoms with Gasteiger partial charge in [0.15, 0.2) is 0 Å². The van der Waals surface area contributed by atoms with E-state index in [4.69, 9.17) is 14.6 Å². The molecule has 176 valence electrons. The van der Waals surface area contributed by atoms with Crippen molar-refractivity contribution in [2.24, 2.45) is 0 Å². The molecular weight excluding hydrogens is 424 g/mol. The molecule has 0 fully saturated rings. The number of aliphatic hydroxyl groups excluding tert-OH is 1. The summed E-state index contributed by atoms with van der Waals surface area (Å²) in [5.41, 5.74) is 1.23. The number of rotatable bonds is 12. The fraction of sp³-hybridized carbons (Fsp3) is 0.417. The zero-order chi connectivity index (χ0) is 23.8. The summed E-state index contributed by atoms with van der Waals surface area (Å²) in [5, 5.41) is 14.0. The van der Waals surface area contributed by atoms with Crippen molar-refractivity contribution >= 4 is 22.6 Å². The lowest BCUT2D eigenvalue weighted by molar-refractivity contribution is -0.132. The van der Waals surface area contributed by atoms with Crippen molar-refractivity contribution in [2.75, 3.05) is 33.4 Å². The smallest absolute Gasteiger partial charge is 0.244 e. The van der Waals surface area contributed by atoms with Crippen LogP contribution in [0.5, 0.6) is 11.6 Å². The molecule has 2 heterocycles. The van der Waals surface area contributed by atoms with Crippen molar-refractivity contribution in [3.05, 3.63) is 47.8 Å². The minimum Gasteiger partial charge on any atom is -0.497 e. The highest BCUT2D eigenvalue weighted by atomic mass is 16.5. The van der Waals surface area contributed by atoms with Gasteiger partial charge in [0.1, 0.15) is 24.6 Å². The quantitative estimate of drug-likeness (QED) is 0.419. The molecule has 1 amide bonds. The molecule has 9 heteroatoms. The van der Waals surface area contributed by atoms with Crippen LogP contribution in [0.2, 0.25) is 0 Å². The van der Waals surface area contributed by atoms with Crippen molar-refractivity contribution in [1.29, 1.82) is 0 Å². The molecule has 0 aliphatic rings. The maximum absolute atomic E-state index is 13.3. The second-order valence-electron chi connectivity index (χ2n) is 7.56. The Bertz CT molecular complexity index is 1090. The maximum Gasteiger partial charge on any atom is 0.244 e. The largest absolute Gasteiger partial charge is 0.497 e. The van der Waals surface area contributed by atoms with E-state index in [2.05, 4.69) is 10.1 Å². The topological polar surface area (TPSA) is 107 Å². The summed E-state index contributed by atoms with van der Waals surface area (Å²) in [6.45, 7) is 5.46. The van der Waals surface area contributed by atoms with Gasteiger partial charge in [-0.1, -0.05) is 13.8 Å². The van der Waals surface area contributed by atoms with E-state index < -0.39 is 0 Å². The first-order valence-electron chi connectivity index (χ1n) is 11.1. The van der Waals surface area contributed by atoms with Crippen LogP contribution in [0.25, 0.3) is 10.9 Å². The molecule has 0 radical (unpaired) electrons. The number of benzene rings is 1. The number of aromatic nitrogens is 3. The second kappa shape index (κ2) is 11.4. The Kier molecular flexibility index (Phi) is 8.37. The lowest BCUT2D eigenvalue weighted by Gasteiger charge is -2.21. The number of ketones is 1. The summed E-state index contributed by atoms with van der Waals surface area (Å²) >= 11 is 0. The number of hydrogen-bond donors (Lipinski definition) is 1. The normalized spacial score (nSPS) is 10.9. The lowest BCUT2D eigenvalue weighted by atomic mass is 10.1. The van der Waals surface area contributed by atoms with E-state index in [1.807, 2.05) is 18.7 Å². The summed E-state index contributed by atoms with van der Waals surface area (Å²) in [5.74, 6) is 0.577. The lowest BCUT2D eigenvalue weighted by Crippen LogP contribution is -2.35. The van der Waals surface area contributed by atoms with Crippen LogP contribution in [0.15, 0.2) is 36.5 Å². The Hall–Kier alpha value is -3.46. The van der Waals surface area contributed by atoms with Crippen LogP contribution in [-0.4, -0.2) is 69.9 Å². The number of methoxy groups -OCH3 is 1. The molecule has 33 heavy (non-hydrogen) atoms. The highest BCUT2D eigenvalue weighted by Gasteiger charge is 2.22. The van der Waals surface area contributed by atoms with E-state index in [9.17, 15) is 9.59 Å². The Morgan fingerprint density at radius 2 is 1.88 bits per heavy atom. The molecule has 0 aliphatic heterocycles. The number of fused-ring (bicyclic) bond motifs is 1. The van der Waals surface area contributed by atoms with Crippen molar-refractivity contribution in [3.8, 4) is 11.6 Å².